The first-order valence-electron chi connectivity index (χ1n) is 4.41. The molecule has 60 valence electrons. The fourth-order valence-corrected chi connectivity index (χ4v) is 2.10. The molecule has 1 aliphatic heterocycles. The zero-order chi connectivity index (χ0) is 8.02. The third kappa shape index (κ3) is 0.607. The SMILES string of the molecule is C1=Nc2ncccc2C12CCC2. The van der Waals surface area contributed by atoms with Crippen LogP contribution >= 0.6 is 0 Å². The second kappa shape index (κ2) is 1.94. The first kappa shape index (κ1) is 6.35. The molecule has 2 heterocycles. The van der Waals surface area contributed by atoms with Gasteiger partial charge in [0.2, 0.25) is 0 Å². The minimum atomic E-state index is 0.295. The van der Waals surface area contributed by atoms with E-state index in [1.54, 1.807) is 0 Å². The molecule has 12 heavy (non-hydrogen) atoms. The molecule has 2 aliphatic rings. The summed E-state index contributed by atoms with van der Waals surface area (Å²) in [6.45, 7) is 0. The number of pyridine rings is 1. The summed E-state index contributed by atoms with van der Waals surface area (Å²) in [4.78, 5) is 8.58. The minimum absolute atomic E-state index is 0.295. The molecule has 1 aromatic heterocycles. The lowest BCUT2D eigenvalue weighted by molar-refractivity contribution is 0.353. The number of aromatic nitrogens is 1. The van der Waals surface area contributed by atoms with E-state index in [1.165, 1.54) is 24.8 Å². The third-order valence-electron chi connectivity index (χ3n) is 3.00. The van der Waals surface area contributed by atoms with Gasteiger partial charge in [0, 0.05) is 23.4 Å². The summed E-state index contributed by atoms with van der Waals surface area (Å²) in [6.07, 6.45) is 7.76. The highest BCUT2D eigenvalue weighted by molar-refractivity contribution is 5.84. The molecule has 1 aromatic rings. The topological polar surface area (TPSA) is 25.2 Å². The molecule has 0 bridgehead atoms. The number of fused-ring (bicyclic) bond motifs is 2. The highest BCUT2D eigenvalue weighted by Gasteiger charge is 2.41. The van der Waals surface area contributed by atoms with Gasteiger partial charge in [-0.2, -0.15) is 0 Å². The van der Waals surface area contributed by atoms with E-state index in [0.717, 1.165) is 5.82 Å². The van der Waals surface area contributed by atoms with Crippen LogP contribution in [0.4, 0.5) is 5.82 Å². The summed E-state index contributed by atoms with van der Waals surface area (Å²) in [6, 6.07) is 4.17. The van der Waals surface area contributed by atoms with Gasteiger partial charge in [-0.25, -0.2) is 9.98 Å². The van der Waals surface area contributed by atoms with Gasteiger partial charge in [-0.05, 0) is 18.9 Å². The van der Waals surface area contributed by atoms with E-state index in [2.05, 4.69) is 22.3 Å². The number of aliphatic imine (C=N–C) groups is 1. The zero-order valence-corrected chi connectivity index (χ0v) is 6.83. The van der Waals surface area contributed by atoms with Gasteiger partial charge in [0.05, 0.1) is 0 Å². The standard InChI is InChI=1S/C10H10N2/c1-3-8-9(11-6-1)12-7-10(8)4-2-5-10/h1,3,6-7H,2,4-5H2. The molecule has 0 saturated heterocycles. The molecule has 1 spiro atoms. The Hall–Kier alpha value is -1.18. The average molecular weight is 158 g/mol. The Morgan fingerprint density at radius 1 is 1.33 bits per heavy atom. The minimum Gasteiger partial charge on any atom is -0.240 e. The van der Waals surface area contributed by atoms with Gasteiger partial charge in [0.25, 0.3) is 0 Å². The molecule has 2 heteroatoms. The molecular weight excluding hydrogens is 148 g/mol. The fourth-order valence-electron chi connectivity index (χ4n) is 2.10. The summed E-state index contributed by atoms with van der Waals surface area (Å²) in [5.41, 5.74) is 1.64. The molecule has 1 saturated carbocycles. The molecule has 0 atom stereocenters. The Balaban J connectivity index is 2.19. The Morgan fingerprint density at radius 2 is 2.25 bits per heavy atom. The van der Waals surface area contributed by atoms with E-state index in [1.807, 2.05) is 12.3 Å². The molecule has 1 fully saturated rings. The smallest absolute Gasteiger partial charge is 0.155 e. The largest absolute Gasteiger partial charge is 0.240 e. The Bertz CT molecular complexity index is 351. The van der Waals surface area contributed by atoms with E-state index in [-0.39, 0.29) is 0 Å². The first-order valence-corrected chi connectivity index (χ1v) is 4.41. The lowest BCUT2D eigenvalue weighted by Crippen LogP contribution is -2.33. The number of rotatable bonds is 0. The molecule has 3 rings (SSSR count). The van der Waals surface area contributed by atoms with Gasteiger partial charge in [0.15, 0.2) is 5.82 Å². The van der Waals surface area contributed by atoms with E-state index >= 15 is 0 Å². The Kier molecular flexibility index (Phi) is 1.03. The van der Waals surface area contributed by atoms with Crippen molar-refractivity contribution < 1.29 is 0 Å². The van der Waals surface area contributed by atoms with E-state index in [9.17, 15) is 0 Å². The third-order valence-corrected chi connectivity index (χ3v) is 3.00. The van der Waals surface area contributed by atoms with Gasteiger partial charge >= 0.3 is 0 Å². The van der Waals surface area contributed by atoms with E-state index in [4.69, 9.17) is 0 Å². The maximum Gasteiger partial charge on any atom is 0.155 e. The van der Waals surface area contributed by atoms with Crippen molar-refractivity contribution in [3.8, 4) is 0 Å². The van der Waals surface area contributed by atoms with Crippen LogP contribution in [0.25, 0.3) is 0 Å². The highest BCUT2D eigenvalue weighted by atomic mass is 14.9. The van der Waals surface area contributed by atoms with Crippen LogP contribution in [0, 0.1) is 0 Å². The molecule has 2 nitrogen and oxygen atoms in total. The average Bonchev–Trinajstić information content (AvgIpc) is 2.42. The second-order valence-electron chi connectivity index (χ2n) is 3.64. The maximum atomic E-state index is 4.34. The number of hydrogen-bond donors (Lipinski definition) is 0. The lowest BCUT2D eigenvalue weighted by Gasteiger charge is -2.36. The summed E-state index contributed by atoms with van der Waals surface area (Å²) in [5.74, 6) is 0.942. The number of nitrogens with zero attached hydrogens (tertiary/aromatic N) is 2. The molecular formula is C10H10N2. The van der Waals surface area contributed by atoms with Crippen molar-refractivity contribution in [1.82, 2.24) is 4.98 Å². The van der Waals surface area contributed by atoms with Gasteiger partial charge in [-0.3, -0.25) is 0 Å². The van der Waals surface area contributed by atoms with Crippen LogP contribution in [0.2, 0.25) is 0 Å². The molecule has 0 amide bonds. The molecule has 1 aliphatic carbocycles. The Morgan fingerprint density at radius 3 is 3.00 bits per heavy atom. The molecule has 0 N–H and O–H groups in total. The van der Waals surface area contributed by atoms with Gasteiger partial charge in [-0.1, -0.05) is 12.5 Å². The van der Waals surface area contributed by atoms with Crippen LogP contribution < -0.4 is 0 Å². The maximum absolute atomic E-state index is 4.34. The summed E-state index contributed by atoms with van der Waals surface area (Å²) >= 11 is 0. The van der Waals surface area contributed by atoms with Crippen LogP contribution in [-0.4, -0.2) is 11.2 Å². The zero-order valence-electron chi connectivity index (χ0n) is 6.83. The Labute approximate surface area is 71.4 Å². The van der Waals surface area contributed by atoms with Crippen molar-refractivity contribution in [2.75, 3.05) is 0 Å². The monoisotopic (exact) mass is 158 g/mol. The van der Waals surface area contributed by atoms with Gasteiger partial charge in [0.1, 0.15) is 0 Å². The van der Waals surface area contributed by atoms with Crippen LogP contribution in [0.1, 0.15) is 24.8 Å². The summed E-state index contributed by atoms with van der Waals surface area (Å²) in [5, 5.41) is 0. The summed E-state index contributed by atoms with van der Waals surface area (Å²) < 4.78 is 0. The van der Waals surface area contributed by atoms with Crippen molar-refractivity contribution in [3.05, 3.63) is 23.9 Å². The van der Waals surface area contributed by atoms with Crippen molar-refractivity contribution in [3.63, 3.8) is 0 Å². The predicted molar refractivity (Wildman–Crippen MR) is 47.9 cm³/mol. The normalized spacial score (nSPS) is 22.3. The highest BCUT2D eigenvalue weighted by Crippen LogP contribution is 2.48. The van der Waals surface area contributed by atoms with Gasteiger partial charge < -0.3 is 0 Å². The summed E-state index contributed by atoms with van der Waals surface area (Å²) in [7, 11) is 0. The van der Waals surface area contributed by atoms with Crippen molar-refractivity contribution in [1.29, 1.82) is 0 Å². The van der Waals surface area contributed by atoms with E-state index < -0.39 is 0 Å². The second-order valence-corrected chi connectivity index (χ2v) is 3.64. The number of hydrogen-bond acceptors (Lipinski definition) is 2. The van der Waals surface area contributed by atoms with Crippen LogP contribution in [0.15, 0.2) is 23.3 Å². The van der Waals surface area contributed by atoms with Crippen molar-refractivity contribution >= 4 is 12.0 Å². The van der Waals surface area contributed by atoms with Crippen molar-refractivity contribution in [2.45, 2.75) is 24.7 Å². The van der Waals surface area contributed by atoms with Crippen molar-refractivity contribution in [2.24, 2.45) is 4.99 Å². The first-order chi connectivity index (χ1) is 5.91. The fraction of sp³-hybridized carbons (Fsp3) is 0.400. The van der Waals surface area contributed by atoms with E-state index in [0.29, 0.717) is 5.41 Å². The van der Waals surface area contributed by atoms with Crippen LogP contribution in [0.5, 0.6) is 0 Å². The van der Waals surface area contributed by atoms with Crippen LogP contribution in [-0.2, 0) is 5.41 Å². The molecule has 0 aromatic carbocycles. The molecule has 0 radical (unpaired) electrons. The predicted octanol–water partition coefficient (Wildman–Crippen LogP) is 2.22. The van der Waals surface area contributed by atoms with Gasteiger partial charge in [-0.15, -0.1) is 0 Å². The van der Waals surface area contributed by atoms with Crippen LogP contribution in [0.3, 0.4) is 0 Å². The lowest BCUT2D eigenvalue weighted by atomic mass is 9.66. The molecule has 0 unspecified atom stereocenters. The quantitative estimate of drug-likeness (QED) is 0.568.